The Balaban J connectivity index is 1.44. The molecular formula is C24H32O4. The molecule has 9 aliphatic rings. The lowest BCUT2D eigenvalue weighted by Crippen LogP contribution is -2.66. The number of aliphatic hydroxyl groups excluding tert-OH is 4. The SMILES string of the molecule is OC[C@@H]1[C@H]2C=C[C@@H]([C@H]1CO)[C@@H]1C3C=CC([C@H]21)[C@H]1[C@H]2C=C[C@H]([C@H](CO)[C@H]2CO)[C@@H]31. The largest absolute Gasteiger partial charge is 0.396 e. The zero-order valence-electron chi connectivity index (χ0n) is 16.2. The van der Waals surface area contributed by atoms with E-state index in [4.69, 9.17) is 0 Å². The summed E-state index contributed by atoms with van der Waals surface area (Å²) in [5.41, 5.74) is 0. The van der Waals surface area contributed by atoms with Gasteiger partial charge in [-0.05, 0) is 82.9 Å². The standard InChI is InChI=1S/C24H32O4/c25-7-17-11-1-2-12(18(17)8-26)22-16-6-5-15(21(11)22)23-13-3-4-14(24(16)23)20(10-28)19(13)9-27/h1-6,11-28H,7-10H2/t11-,12+,13+,14-,15?,16?,17-,18-,19+,20+,21+,22-,23-,24+. The molecule has 0 aromatic heterocycles. The maximum atomic E-state index is 10.1. The molecule has 4 nitrogen and oxygen atoms in total. The van der Waals surface area contributed by atoms with E-state index < -0.39 is 0 Å². The quantitative estimate of drug-likeness (QED) is 0.552. The first-order chi connectivity index (χ1) is 13.7. The molecule has 0 radical (unpaired) electrons. The average Bonchev–Trinajstić information content (AvgIpc) is 2.78. The second kappa shape index (κ2) is 6.28. The van der Waals surface area contributed by atoms with Crippen LogP contribution in [0.15, 0.2) is 36.5 Å². The van der Waals surface area contributed by atoms with Gasteiger partial charge in [0.2, 0.25) is 0 Å². The maximum absolute atomic E-state index is 10.1. The van der Waals surface area contributed by atoms with Gasteiger partial charge in [0.05, 0.1) is 0 Å². The van der Waals surface area contributed by atoms with E-state index in [2.05, 4.69) is 36.5 Å². The van der Waals surface area contributed by atoms with Crippen molar-refractivity contribution < 1.29 is 20.4 Å². The predicted molar refractivity (Wildman–Crippen MR) is 105 cm³/mol. The Morgan fingerprint density at radius 3 is 0.786 bits per heavy atom. The molecule has 28 heavy (non-hydrogen) atoms. The number of fused-ring (bicyclic) bond motifs is 2. The van der Waals surface area contributed by atoms with Crippen molar-refractivity contribution in [3.8, 4) is 0 Å². The van der Waals surface area contributed by atoms with Crippen molar-refractivity contribution in [1.82, 2.24) is 0 Å². The lowest BCUT2D eigenvalue weighted by Gasteiger charge is -2.69. The first-order valence-corrected chi connectivity index (χ1v) is 11.2. The summed E-state index contributed by atoms with van der Waals surface area (Å²) < 4.78 is 0. The smallest absolute Gasteiger partial charge is 0.0468 e. The first-order valence-electron chi connectivity index (χ1n) is 11.2. The van der Waals surface area contributed by atoms with Crippen LogP contribution in [-0.4, -0.2) is 46.9 Å². The van der Waals surface area contributed by atoms with E-state index in [1.54, 1.807) is 0 Å². The molecule has 9 rings (SSSR count). The Morgan fingerprint density at radius 1 is 0.357 bits per heavy atom. The maximum Gasteiger partial charge on any atom is 0.0468 e. The van der Waals surface area contributed by atoms with Crippen molar-refractivity contribution in [1.29, 1.82) is 0 Å². The van der Waals surface area contributed by atoms with Crippen LogP contribution in [0.4, 0.5) is 0 Å². The van der Waals surface area contributed by atoms with Crippen LogP contribution >= 0.6 is 0 Å². The summed E-state index contributed by atoms with van der Waals surface area (Å²) in [5.74, 6) is 5.23. The third-order valence-corrected chi connectivity index (χ3v) is 10.0. The van der Waals surface area contributed by atoms with Crippen LogP contribution in [-0.2, 0) is 0 Å². The minimum Gasteiger partial charge on any atom is -0.396 e. The molecule has 9 aliphatic carbocycles. The van der Waals surface area contributed by atoms with Crippen LogP contribution in [0, 0.1) is 82.9 Å². The molecule has 0 spiro atoms. The molecule has 0 heterocycles. The van der Waals surface area contributed by atoms with E-state index in [9.17, 15) is 20.4 Å². The molecule has 14 atom stereocenters. The normalized spacial score (nSPS) is 59.6. The monoisotopic (exact) mass is 384 g/mol. The van der Waals surface area contributed by atoms with Gasteiger partial charge in [0.15, 0.2) is 0 Å². The van der Waals surface area contributed by atoms with Gasteiger partial charge < -0.3 is 20.4 Å². The number of hydrogen-bond donors (Lipinski definition) is 4. The van der Waals surface area contributed by atoms with Gasteiger partial charge in [0.25, 0.3) is 0 Å². The lowest BCUT2D eigenvalue weighted by molar-refractivity contribution is -0.177. The molecule has 3 fully saturated rings. The minimum atomic E-state index is 0.160. The second-order valence-corrected chi connectivity index (χ2v) is 10.3. The Labute approximate surface area is 166 Å². The Morgan fingerprint density at radius 2 is 0.571 bits per heavy atom. The number of hydrogen-bond acceptors (Lipinski definition) is 4. The topological polar surface area (TPSA) is 80.9 Å². The minimum absolute atomic E-state index is 0.160. The van der Waals surface area contributed by atoms with Gasteiger partial charge in [-0.25, -0.2) is 0 Å². The van der Waals surface area contributed by atoms with Crippen molar-refractivity contribution in [2.45, 2.75) is 0 Å². The molecule has 0 aromatic rings. The number of rotatable bonds is 4. The fourth-order valence-electron chi connectivity index (χ4n) is 9.27. The average molecular weight is 385 g/mol. The highest BCUT2D eigenvalue weighted by atomic mass is 16.3. The van der Waals surface area contributed by atoms with Gasteiger partial charge in [-0.1, -0.05) is 36.5 Å². The van der Waals surface area contributed by atoms with E-state index in [1.165, 1.54) is 0 Å². The summed E-state index contributed by atoms with van der Waals surface area (Å²) in [6.45, 7) is 0.639. The fourth-order valence-corrected chi connectivity index (χ4v) is 9.27. The summed E-state index contributed by atoms with van der Waals surface area (Å²) in [7, 11) is 0. The van der Waals surface area contributed by atoms with E-state index in [0.29, 0.717) is 59.2 Å². The molecule has 0 aliphatic heterocycles. The summed E-state index contributed by atoms with van der Waals surface area (Å²) in [6, 6.07) is 0. The highest BCUT2D eigenvalue weighted by Crippen LogP contribution is 2.70. The molecule has 0 saturated heterocycles. The molecule has 0 aromatic carbocycles. The molecule has 4 heteroatoms. The molecule has 3 saturated carbocycles. The van der Waals surface area contributed by atoms with Crippen LogP contribution in [0.2, 0.25) is 0 Å². The molecule has 0 amide bonds. The lowest BCUT2D eigenvalue weighted by atomic mass is 9.35. The zero-order valence-corrected chi connectivity index (χ0v) is 16.2. The molecule has 152 valence electrons. The summed E-state index contributed by atoms with van der Waals surface area (Å²) >= 11 is 0. The predicted octanol–water partition coefficient (Wildman–Crippen LogP) is 1.33. The summed E-state index contributed by atoms with van der Waals surface area (Å²) in [6.07, 6.45) is 14.3. The van der Waals surface area contributed by atoms with Crippen LogP contribution < -0.4 is 0 Å². The van der Waals surface area contributed by atoms with Crippen molar-refractivity contribution in [3.63, 3.8) is 0 Å². The molecule has 2 unspecified atom stereocenters. The molecule has 6 bridgehead atoms. The van der Waals surface area contributed by atoms with Crippen molar-refractivity contribution in [2.24, 2.45) is 82.9 Å². The van der Waals surface area contributed by atoms with Gasteiger partial charge >= 0.3 is 0 Å². The van der Waals surface area contributed by atoms with Crippen LogP contribution in [0.3, 0.4) is 0 Å². The Kier molecular flexibility index (Phi) is 4.01. The molecule has 4 N–H and O–H groups in total. The van der Waals surface area contributed by atoms with Crippen molar-refractivity contribution in [2.75, 3.05) is 26.4 Å². The van der Waals surface area contributed by atoms with Crippen LogP contribution in [0.1, 0.15) is 0 Å². The highest BCUT2D eigenvalue weighted by molar-refractivity contribution is 5.31. The van der Waals surface area contributed by atoms with Gasteiger partial charge in [-0.3, -0.25) is 0 Å². The summed E-state index contributed by atoms with van der Waals surface area (Å²) in [5, 5.41) is 40.5. The number of allylic oxidation sites excluding steroid dienone is 6. The third kappa shape index (κ3) is 1.96. The summed E-state index contributed by atoms with van der Waals surface area (Å²) in [4.78, 5) is 0. The van der Waals surface area contributed by atoms with Gasteiger partial charge in [-0.2, -0.15) is 0 Å². The second-order valence-electron chi connectivity index (χ2n) is 10.3. The zero-order chi connectivity index (χ0) is 19.2. The number of aliphatic hydroxyl groups is 4. The Bertz CT molecular complexity index is 616. The van der Waals surface area contributed by atoms with E-state index in [-0.39, 0.29) is 50.1 Å². The van der Waals surface area contributed by atoms with Gasteiger partial charge in [0.1, 0.15) is 0 Å². The Hall–Kier alpha value is -0.940. The fraction of sp³-hybridized carbons (Fsp3) is 0.750. The van der Waals surface area contributed by atoms with E-state index in [0.717, 1.165) is 0 Å². The third-order valence-electron chi connectivity index (χ3n) is 10.0. The van der Waals surface area contributed by atoms with E-state index >= 15 is 0 Å². The van der Waals surface area contributed by atoms with Crippen LogP contribution in [0.25, 0.3) is 0 Å². The van der Waals surface area contributed by atoms with Gasteiger partial charge in [0, 0.05) is 26.4 Å². The first kappa shape index (κ1) is 17.9. The van der Waals surface area contributed by atoms with Crippen molar-refractivity contribution >= 4 is 0 Å². The van der Waals surface area contributed by atoms with Crippen molar-refractivity contribution in [3.05, 3.63) is 36.5 Å². The van der Waals surface area contributed by atoms with Gasteiger partial charge in [-0.15, -0.1) is 0 Å². The van der Waals surface area contributed by atoms with E-state index in [1.807, 2.05) is 0 Å². The molecular weight excluding hydrogens is 352 g/mol. The van der Waals surface area contributed by atoms with Crippen LogP contribution in [0.5, 0.6) is 0 Å². The highest BCUT2D eigenvalue weighted by Gasteiger charge is 2.66.